The lowest BCUT2D eigenvalue weighted by Crippen LogP contribution is -2.11. The molecule has 0 atom stereocenters. The molecule has 0 radical (unpaired) electrons. The van der Waals surface area contributed by atoms with Crippen molar-refractivity contribution >= 4 is 39.5 Å². The van der Waals surface area contributed by atoms with E-state index >= 15 is 0 Å². The van der Waals surface area contributed by atoms with Gasteiger partial charge in [-0.15, -0.1) is 0 Å². The number of ether oxygens (including phenoxy) is 1. The summed E-state index contributed by atoms with van der Waals surface area (Å²) in [6, 6.07) is 14.2. The molecule has 2 aromatic carbocycles. The molecule has 0 unspecified atom stereocenters. The molecule has 156 valence electrons. The first kappa shape index (κ1) is 21.6. The summed E-state index contributed by atoms with van der Waals surface area (Å²) < 4.78 is 33.2. The van der Waals surface area contributed by atoms with Gasteiger partial charge in [-0.3, -0.25) is 5.43 Å². The molecule has 1 heterocycles. The van der Waals surface area contributed by atoms with Gasteiger partial charge in [-0.2, -0.15) is 5.10 Å². The highest BCUT2D eigenvalue weighted by Crippen LogP contribution is 2.27. The zero-order valence-corrected chi connectivity index (χ0v) is 17.4. The van der Waals surface area contributed by atoms with Gasteiger partial charge in [0.2, 0.25) is 10.0 Å². The Morgan fingerprint density at radius 2 is 1.93 bits per heavy atom. The molecule has 0 spiro atoms. The van der Waals surface area contributed by atoms with E-state index in [0.29, 0.717) is 27.8 Å². The lowest BCUT2D eigenvalue weighted by molar-refractivity contribution is 0.0526. The molecule has 3 aromatic rings. The van der Waals surface area contributed by atoms with E-state index in [1.807, 2.05) is 0 Å². The third-order valence-corrected chi connectivity index (χ3v) is 5.20. The summed E-state index contributed by atoms with van der Waals surface area (Å²) in [6.45, 7) is 1.97. The molecular formula is C20H18ClN3O5S. The molecule has 0 aliphatic rings. The molecule has 1 aromatic heterocycles. The van der Waals surface area contributed by atoms with E-state index in [-0.39, 0.29) is 17.1 Å². The number of carbonyl (C=O) groups excluding carboxylic acids is 1. The summed E-state index contributed by atoms with van der Waals surface area (Å²) in [7, 11) is -3.74. The number of furan rings is 1. The fourth-order valence-corrected chi connectivity index (χ4v) is 3.22. The summed E-state index contributed by atoms with van der Waals surface area (Å²) >= 11 is 6.08. The van der Waals surface area contributed by atoms with Crippen molar-refractivity contribution < 1.29 is 22.4 Å². The van der Waals surface area contributed by atoms with Gasteiger partial charge in [-0.25, -0.2) is 18.4 Å². The monoisotopic (exact) mass is 447 g/mol. The first-order chi connectivity index (χ1) is 14.3. The lowest BCUT2D eigenvalue weighted by Gasteiger charge is -2.05. The van der Waals surface area contributed by atoms with Crippen LogP contribution >= 0.6 is 11.6 Å². The Labute approximate surface area is 178 Å². The number of benzene rings is 2. The number of sulfonamides is 1. The van der Waals surface area contributed by atoms with E-state index in [9.17, 15) is 13.2 Å². The van der Waals surface area contributed by atoms with Crippen LogP contribution in [0, 0.1) is 0 Å². The van der Waals surface area contributed by atoms with Gasteiger partial charge in [0.25, 0.3) is 0 Å². The van der Waals surface area contributed by atoms with Crippen LogP contribution in [0.25, 0.3) is 11.3 Å². The number of nitrogens with two attached hydrogens (primary N) is 1. The molecule has 3 rings (SSSR count). The van der Waals surface area contributed by atoms with E-state index in [0.717, 1.165) is 0 Å². The normalized spacial score (nSPS) is 11.6. The van der Waals surface area contributed by atoms with Gasteiger partial charge in [0.05, 0.1) is 34.0 Å². The summed E-state index contributed by atoms with van der Waals surface area (Å²) in [5.41, 5.74) is 4.25. The van der Waals surface area contributed by atoms with Gasteiger partial charge >= 0.3 is 5.97 Å². The number of hydrogen-bond acceptors (Lipinski definition) is 7. The molecule has 0 saturated carbocycles. The van der Waals surface area contributed by atoms with Crippen molar-refractivity contribution in [3.63, 3.8) is 0 Å². The number of anilines is 1. The first-order valence-electron chi connectivity index (χ1n) is 8.76. The molecule has 3 N–H and O–H groups in total. The highest BCUT2D eigenvalue weighted by atomic mass is 35.5. The van der Waals surface area contributed by atoms with Crippen LogP contribution in [0.4, 0.5) is 5.69 Å². The molecule has 0 fully saturated rings. The van der Waals surface area contributed by atoms with Gasteiger partial charge < -0.3 is 9.15 Å². The Morgan fingerprint density at radius 3 is 2.60 bits per heavy atom. The number of nitrogens with one attached hydrogen (secondary N) is 1. The van der Waals surface area contributed by atoms with Crippen molar-refractivity contribution in [1.29, 1.82) is 0 Å². The summed E-state index contributed by atoms with van der Waals surface area (Å²) in [4.78, 5) is 12.0. The largest absolute Gasteiger partial charge is 0.462 e. The molecule has 0 bridgehead atoms. The number of esters is 1. The van der Waals surface area contributed by atoms with Crippen LogP contribution in [0.5, 0.6) is 0 Å². The van der Waals surface area contributed by atoms with Gasteiger partial charge in [-0.1, -0.05) is 11.6 Å². The highest BCUT2D eigenvalue weighted by Gasteiger charge is 2.14. The first-order valence-corrected chi connectivity index (χ1v) is 10.7. The van der Waals surface area contributed by atoms with E-state index in [1.165, 1.54) is 30.5 Å². The summed E-state index contributed by atoms with van der Waals surface area (Å²) in [5.74, 6) is 0.484. The fraction of sp³-hybridized carbons (Fsp3) is 0.100. The second kappa shape index (κ2) is 9.12. The Kier molecular flexibility index (Phi) is 6.56. The van der Waals surface area contributed by atoms with Crippen LogP contribution in [0.3, 0.4) is 0 Å². The molecule has 0 aliphatic carbocycles. The summed E-state index contributed by atoms with van der Waals surface area (Å²) in [5, 5.41) is 9.40. The number of carbonyl (C=O) groups is 1. The van der Waals surface area contributed by atoms with Crippen molar-refractivity contribution in [1.82, 2.24) is 0 Å². The maximum Gasteiger partial charge on any atom is 0.339 e. The third kappa shape index (κ3) is 5.26. The zero-order valence-electron chi connectivity index (χ0n) is 15.8. The maximum absolute atomic E-state index is 12.0. The van der Waals surface area contributed by atoms with Crippen LogP contribution in [0.2, 0.25) is 5.02 Å². The van der Waals surface area contributed by atoms with E-state index in [2.05, 4.69) is 10.5 Å². The predicted molar refractivity (Wildman–Crippen MR) is 114 cm³/mol. The molecular weight excluding hydrogens is 430 g/mol. The Bertz CT molecular complexity index is 1190. The number of primary sulfonamides is 1. The second-order valence-corrected chi connectivity index (χ2v) is 8.03. The highest BCUT2D eigenvalue weighted by molar-refractivity contribution is 7.89. The molecule has 0 aliphatic heterocycles. The quantitative estimate of drug-likeness (QED) is 0.322. The number of halogens is 1. The van der Waals surface area contributed by atoms with Gasteiger partial charge in [0, 0.05) is 5.56 Å². The second-order valence-electron chi connectivity index (χ2n) is 6.06. The number of hydrogen-bond donors (Lipinski definition) is 2. The zero-order chi connectivity index (χ0) is 21.7. The van der Waals surface area contributed by atoms with Gasteiger partial charge in [0.1, 0.15) is 11.5 Å². The van der Waals surface area contributed by atoms with Crippen LogP contribution in [-0.4, -0.2) is 27.2 Å². The van der Waals surface area contributed by atoms with Crippen LogP contribution in [0.1, 0.15) is 23.0 Å². The Balaban J connectivity index is 1.71. The minimum atomic E-state index is -3.74. The number of nitrogens with zero attached hydrogens (tertiary/aromatic N) is 1. The van der Waals surface area contributed by atoms with Crippen LogP contribution in [-0.2, 0) is 14.8 Å². The minimum absolute atomic E-state index is 0.0119. The minimum Gasteiger partial charge on any atom is -0.462 e. The van der Waals surface area contributed by atoms with Crippen molar-refractivity contribution in [2.75, 3.05) is 12.0 Å². The third-order valence-electron chi connectivity index (χ3n) is 3.94. The molecule has 30 heavy (non-hydrogen) atoms. The molecule has 0 saturated heterocycles. The maximum atomic E-state index is 12.0. The van der Waals surface area contributed by atoms with Gasteiger partial charge in [-0.05, 0) is 61.5 Å². The number of hydrazone groups is 1. The van der Waals surface area contributed by atoms with E-state index in [4.69, 9.17) is 25.9 Å². The number of rotatable bonds is 7. The predicted octanol–water partition coefficient (Wildman–Crippen LogP) is 3.87. The Morgan fingerprint density at radius 1 is 1.20 bits per heavy atom. The Hall–Kier alpha value is -3.14. The SMILES string of the molecule is CCOC(=O)c1cc(-c2ccc(C=NNc3ccc(S(N)(=O)=O)cc3)o2)ccc1Cl. The average Bonchev–Trinajstić information content (AvgIpc) is 3.17. The van der Waals surface area contributed by atoms with Crippen molar-refractivity contribution in [3.8, 4) is 11.3 Å². The van der Waals surface area contributed by atoms with Gasteiger partial charge in [0.15, 0.2) is 0 Å². The van der Waals surface area contributed by atoms with Crippen molar-refractivity contribution in [2.45, 2.75) is 11.8 Å². The van der Waals surface area contributed by atoms with Crippen LogP contribution < -0.4 is 10.6 Å². The molecule has 8 nitrogen and oxygen atoms in total. The standard InChI is InChI=1S/C20H18ClN3O5S/c1-2-28-20(25)17-11-13(3-9-18(17)21)19-10-6-15(29-19)12-23-24-14-4-7-16(8-5-14)30(22,26)27/h3-12,24H,2H2,1H3,(H2,22,26,27). The van der Waals surface area contributed by atoms with Crippen molar-refractivity contribution in [2.24, 2.45) is 10.2 Å². The topological polar surface area (TPSA) is 124 Å². The molecule has 10 heteroatoms. The fourth-order valence-electron chi connectivity index (χ4n) is 2.51. The van der Waals surface area contributed by atoms with Crippen molar-refractivity contribution in [3.05, 3.63) is 70.9 Å². The van der Waals surface area contributed by atoms with E-state index in [1.54, 1.807) is 37.3 Å². The summed E-state index contributed by atoms with van der Waals surface area (Å²) in [6.07, 6.45) is 1.46. The lowest BCUT2D eigenvalue weighted by atomic mass is 10.1. The average molecular weight is 448 g/mol. The van der Waals surface area contributed by atoms with E-state index < -0.39 is 16.0 Å². The smallest absolute Gasteiger partial charge is 0.339 e. The van der Waals surface area contributed by atoms with Crippen LogP contribution in [0.15, 0.2) is 69.0 Å². The molecule has 0 amide bonds.